The van der Waals surface area contributed by atoms with Crippen LogP contribution >= 0.6 is 11.3 Å². The fraction of sp³-hybridized carbons (Fsp3) is 0.263. The molecule has 1 fully saturated rings. The molecule has 2 N–H and O–H groups in total. The van der Waals surface area contributed by atoms with Gasteiger partial charge in [0.25, 0.3) is 0 Å². The highest BCUT2D eigenvalue weighted by Crippen LogP contribution is 2.24. The number of hydrogen-bond acceptors (Lipinski definition) is 8. The van der Waals surface area contributed by atoms with Crippen LogP contribution in [-0.2, 0) is 4.79 Å². The number of anilines is 2. The van der Waals surface area contributed by atoms with Crippen LogP contribution in [0.4, 0.5) is 11.6 Å². The highest BCUT2D eigenvalue weighted by molar-refractivity contribution is 7.13. The molecule has 0 aromatic carbocycles. The number of hydrogen-bond donors (Lipinski definition) is 2. The van der Waals surface area contributed by atoms with Crippen LogP contribution in [0.15, 0.2) is 48.1 Å². The predicted molar refractivity (Wildman–Crippen MR) is 106 cm³/mol. The van der Waals surface area contributed by atoms with Crippen molar-refractivity contribution in [1.82, 2.24) is 25.4 Å². The van der Waals surface area contributed by atoms with Crippen molar-refractivity contribution >= 4 is 28.8 Å². The molecule has 7 nitrogen and oxygen atoms in total. The Morgan fingerprint density at radius 3 is 2.93 bits per heavy atom. The van der Waals surface area contributed by atoms with E-state index in [-0.39, 0.29) is 11.7 Å². The fourth-order valence-electron chi connectivity index (χ4n) is 2.99. The summed E-state index contributed by atoms with van der Waals surface area (Å²) in [6.45, 7) is 1.32. The lowest BCUT2D eigenvalue weighted by atomic mass is 9.95. The molecule has 0 amide bonds. The van der Waals surface area contributed by atoms with Gasteiger partial charge in [0.05, 0.1) is 5.92 Å². The Kier molecular flexibility index (Phi) is 5.19. The van der Waals surface area contributed by atoms with Gasteiger partial charge in [0, 0.05) is 44.3 Å². The molecule has 1 saturated heterocycles. The molecule has 0 bridgehead atoms. The molecule has 0 radical (unpaired) electrons. The molecule has 0 saturated carbocycles. The van der Waals surface area contributed by atoms with Crippen LogP contribution in [0.25, 0.3) is 10.7 Å². The van der Waals surface area contributed by atoms with Crippen molar-refractivity contribution < 1.29 is 4.79 Å². The van der Waals surface area contributed by atoms with Gasteiger partial charge in [-0.05, 0) is 23.8 Å². The Bertz CT molecular complexity index is 912. The van der Waals surface area contributed by atoms with Crippen molar-refractivity contribution in [3.8, 4) is 10.7 Å². The quantitative estimate of drug-likeness (QED) is 0.720. The average molecular weight is 380 g/mol. The smallest absolute Gasteiger partial charge is 0.143 e. The van der Waals surface area contributed by atoms with Gasteiger partial charge in [-0.1, -0.05) is 12.1 Å². The molecule has 27 heavy (non-hydrogen) atoms. The van der Waals surface area contributed by atoms with Crippen LogP contribution in [0.2, 0.25) is 0 Å². The Labute approximate surface area is 161 Å². The van der Waals surface area contributed by atoms with E-state index in [0.717, 1.165) is 22.8 Å². The summed E-state index contributed by atoms with van der Waals surface area (Å²) in [6.07, 6.45) is 4.08. The molecule has 1 aliphatic rings. The number of nitrogens with one attached hydrogen (secondary N) is 2. The highest BCUT2D eigenvalue weighted by Gasteiger charge is 2.24. The predicted octanol–water partition coefficient (Wildman–Crippen LogP) is 2.84. The molecule has 1 unspecified atom stereocenters. The van der Waals surface area contributed by atoms with Crippen molar-refractivity contribution in [3.05, 3.63) is 53.7 Å². The van der Waals surface area contributed by atoms with Gasteiger partial charge in [-0.25, -0.2) is 20.0 Å². The zero-order valence-electron chi connectivity index (χ0n) is 14.9. The molecular formula is C19H20N6OS. The summed E-state index contributed by atoms with van der Waals surface area (Å²) in [4.78, 5) is 25.7. The van der Waals surface area contributed by atoms with Gasteiger partial charge in [0.1, 0.15) is 28.1 Å². The maximum atomic E-state index is 12.4. The van der Waals surface area contributed by atoms with E-state index in [0.29, 0.717) is 24.6 Å². The molecule has 4 rings (SSSR count). The first-order valence-electron chi connectivity index (χ1n) is 8.76. The summed E-state index contributed by atoms with van der Waals surface area (Å²) in [5.74, 6) is 1.47. The van der Waals surface area contributed by atoms with Crippen LogP contribution in [-0.4, -0.2) is 45.9 Å². The Morgan fingerprint density at radius 2 is 2.15 bits per heavy atom. The Balaban J connectivity index is 1.48. The molecule has 0 spiro atoms. The number of thiazole rings is 1. The Morgan fingerprint density at radius 1 is 1.22 bits per heavy atom. The first-order valence-corrected chi connectivity index (χ1v) is 9.64. The molecule has 138 valence electrons. The normalized spacial score (nSPS) is 18.3. The largest absolute Gasteiger partial charge is 0.325 e. The summed E-state index contributed by atoms with van der Waals surface area (Å²) in [5, 5.41) is 7.98. The topological polar surface area (TPSA) is 83.0 Å². The van der Waals surface area contributed by atoms with Gasteiger partial charge < -0.3 is 5.32 Å². The van der Waals surface area contributed by atoms with Crippen LogP contribution < -0.4 is 10.7 Å². The van der Waals surface area contributed by atoms with Crippen molar-refractivity contribution in [2.75, 3.05) is 25.5 Å². The second-order valence-corrected chi connectivity index (χ2v) is 7.29. The summed E-state index contributed by atoms with van der Waals surface area (Å²) >= 11 is 1.55. The van der Waals surface area contributed by atoms with E-state index < -0.39 is 0 Å². The SMILES string of the molecule is CN1CCC(=O)C(c2ccc(Nc3cccc(-c4nccs4)n3)nc2)CN1. The van der Waals surface area contributed by atoms with Crippen LogP contribution in [0, 0.1) is 0 Å². The van der Waals surface area contributed by atoms with Crippen molar-refractivity contribution in [1.29, 1.82) is 0 Å². The minimum atomic E-state index is -0.164. The average Bonchev–Trinajstić information content (AvgIpc) is 3.17. The first kappa shape index (κ1) is 17.7. The zero-order chi connectivity index (χ0) is 18.6. The van der Waals surface area contributed by atoms with E-state index in [1.807, 2.05) is 47.8 Å². The van der Waals surface area contributed by atoms with Gasteiger partial charge in [0.15, 0.2) is 0 Å². The standard InChI is InChI=1S/C19H20N6OS/c1-25-9-7-16(26)14(12-22-25)13-5-6-17(21-11-13)24-18-4-2-3-15(23-18)19-20-8-10-27-19/h2-6,8,10-11,14,22H,7,9,12H2,1H3,(H,21,23,24). The first-order chi connectivity index (χ1) is 13.2. The third-order valence-corrected chi connectivity index (χ3v) is 5.29. The molecular weight excluding hydrogens is 360 g/mol. The Hall–Kier alpha value is -2.68. The zero-order valence-corrected chi connectivity index (χ0v) is 15.7. The van der Waals surface area contributed by atoms with E-state index >= 15 is 0 Å². The van der Waals surface area contributed by atoms with E-state index in [2.05, 4.69) is 25.7 Å². The summed E-state index contributed by atoms with van der Waals surface area (Å²) in [5.41, 5.74) is 5.01. The number of rotatable bonds is 4. The lowest BCUT2D eigenvalue weighted by molar-refractivity contribution is -0.120. The minimum Gasteiger partial charge on any atom is -0.325 e. The van der Waals surface area contributed by atoms with Crippen LogP contribution in [0.3, 0.4) is 0 Å². The number of aromatic nitrogens is 3. The molecule has 0 aliphatic carbocycles. The molecule has 1 atom stereocenters. The fourth-order valence-corrected chi connectivity index (χ4v) is 3.59. The summed E-state index contributed by atoms with van der Waals surface area (Å²) in [7, 11) is 1.95. The van der Waals surface area contributed by atoms with Gasteiger partial charge >= 0.3 is 0 Å². The van der Waals surface area contributed by atoms with Crippen LogP contribution in [0.1, 0.15) is 17.9 Å². The third kappa shape index (κ3) is 4.19. The summed E-state index contributed by atoms with van der Waals surface area (Å²) < 4.78 is 0. The van der Waals surface area contributed by atoms with Crippen LogP contribution in [0.5, 0.6) is 0 Å². The number of nitrogens with zero attached hydrogens (tertiary/aromatic N) is 4. The van der Waals surface area contributed by atoms with Crippen molar-refractivity contribution in [2.45, 2.75) is 12.3 Å². The second kappa shape index (κ2) is 7.91. The number of hydrazine groups is 1. The maximum absolute atomic E-state index is 12.4. The number of carbonyl (C=O) groups excluding carboxylic acids is 1. The second-order valence-electron chi connectivity index (χ2n) is 6.40. The molecule has 4 heterocycles. The van der Waals surface area contributed by atoms with E-state index in [1.54, 1.807) is 23.7 Å². The van der Waals surface area contributed by atoms with Crippen molar-refractivity contribution in [2.24, 2.45) is 0 Å². The van der Waals surface area contributed by atoms with Gasteiger partial charge in [0.2, 0.25) is 0 Å². The molecule has 3 aromatic rings. The van der Waals surface area contributed by atoms with Gasteiger partial charge in [-0.2, -0.15) is 0 Å². The molecule has 8 heteroatoms. The van der Waals surface area contributed by atoms with Gasteiger partial charge in [-0.15, -0.1) is 11.3 Å². The minimum absolute atomic E-state index is 0.164. The number of carbonyl (C=O) groups is 1. The summed E-state index contributed by atoms with van der Waals surface area (Å²) in [6, 6.07) is 9.60. The van der Waals surface area contributed by atoms with E-state index in [4.69, 9.17) is 0 Å². The third-order valence-electron chi connectivity index (χ3n) is 4.49. The maximum Gasteiger partial charge on any atom is 0.143 e. The van der Waals surface area contributed by atoms with Gasteiger partial charge in [-0.3, -0.25) is 10.2 Å². The number of ketones is 1. The molecule has 1 aliphatic heterocycles. The highest BCUT2D eigenvalue weighted by atomic mass is 32.1. The lowest BCUT2D eigenvalue weighted by Gasteiger charge is -2.16. The van der Waals surface area contributed by atoms with E-state index in [9.17, 15) is 4.79 Å². The number of Topliss-reactive ketones (excluding diaryl/α,β-unsaturated/α-hetero) is 1. The molecule has 3 aromatic heterocycles. The van der Waals surface area contributed by atoms with Crippen molar-refractivity contribution in [3.63, 3.8) is 0 Å². The number of pyridine rings is 2. The van der Waals surface area contributed by atoms with E-state index in [1.165, 1.54) is 0 Å². The monoisotopic (exact) mass is 380 g/mol. The lowest BCUT2D eigenvalue weighted by Crippen LogP contribution is -2.35.